The zero-order valence-corrected chi connectivity index (χ0v) is 8.79. The van der Waals surface area contributed by atoms with Gasteiger partial charge in [-0.05, 0) is 31.6 Å². The molecule has 78 valence electrons. The van der Waals surface area contributed by atoms with Crippen LogP contribution in [0.25, 0.3) is 0 Å². The molecule has 0 radical (unpaired) electrons. The molecule has 4 heteroatoms. The van der Waals surface area contributed by atoms with Gasteiger partial charge in [0.15, 0.2) is 0 Å². The summed E-state index contributed by atoms with van der Waals surface area (Å²) >= 11 is 5.93. The van der Waals surface area contributed by atoms with Crippen molar-refractivity contribution in [2.75, 3.05) is 13.6 Å². The first-order valence-electron chi connectivity index (χ1n) is 4.22. The molecule has 0 amide bonds. The number of likely N-dealkylation sites (N-methyl/N-ethyl adjacent to an activating group) is 1. The van der Waals surface area contributed by atoms with Crippen molar-refractivity contribution in [3.05, 3.63) is 34.9 Å². The van der Waals surface area contributed by atoms with Crippen LogP contribution in [0.1, 0.15) is 5.56 Å². The Morgan fingerprint density at radius 1 is 1.50 bits per heavy atom. The fourth-order valence-corrected chi connectivity index (χ4v) is 1.19. The lowest BCUT2D eigenvalue weighted by atomic mass is 10.1. The number of carbonyl (C=O) groups is 1. The van der Waals surface area contributed by atoms with Crippen LogP contribution in [0.2, 0.25) is 5.02 Å². The van der Waals surface area contributed by atoms with Gasteiger partial charge in [0.25, 0.3) is 6.47 Å². The highest BCUT2D eigenvalue weighted by Crippen LogP contribution is 2.14. The van der Waals surface area contributed by atoms with Gasteiger partial charge < -0.3 is 10.4 Å². The van der Waals surface area contributed by atoms with Gasteiger partial charge in [0.1, 0.15) is 0 Å². The first-order valence-corrected chi connectivity index (χ1v) is 4.60. The summed E-state index contributed by atoms with van der Waals surface area (Å²) in [5.74, 6) is 0. The van der Waals surface area contributed by atoms with E-state index < -0.39 is 0 Å². The highest BCUT2D eigenvalue weighted by Gasteiger charge is 1.95. The summed E-state index contributed by atoms with van der Waals surface area (Å²) in [5.41, 5.74) is 1.21. The minimum atomic E-state index is -0.250. The number of hydrogen-bond acceptors (Lipinski definition) is 2. The Bertz CT molecular complexity index is 266. The maximum absolute atomic E-state index is 8.36. The zero-order chi connectivity index (χ0) is 10.8. The number of halogens is 1. The third-order valence-corrected chi connectivity index (χ3v) is 1.97. The Hall–Kier alpha value is -1.06. The molecule has 0 saturated heterocycles. The van der Waals surface area contributed by atoms with Gasteiger partial charge in [0.2, 0.25) is 0 Å². The van der Waals surface area contributed by atoms with Crippen LogP contribution in [0, 0.1) is 0 Å². The number of carboxylic acid groups (broad SMARTS) is 1. The standard InChI is InChI=1S/C9H12ClN.CH2O2/c1-11-7-6-8-4-2-3-5-9(8)10;2-1-3/h2-5,11H,6-7H2,1H3;1H,(H,2,3). The van der Waals surface area contributed by atoms with E-state index in [9.17, 15) is 0 Å². The third kappa shape index (κ3) is 5.56. The molecule has 0 aromatic heterocycles. The number of nitrogens with one attached hydrogen (secondary N) is 1. The van der Waals surface area contributed by atoms with Crippen molar-refractivity contribution in [2.45, 2.75) is 6.42 Å². The maximum atomic E-state index is 8.36. The predicted molar refractivity (Wildman–Crippen MR) is 57.8 cm³/mol. The van der Waals surface area contributed by atoms with Crippen LogP contribution in [0.15, 0.2) is 24.3 Å². The van der Waals surface area contributed by atoms with Gasteiger partial charge in [-0.2, -0.15) is 0 Å². The Balaban J connectivity index is 0.000000500. The van der Waals surface area contributed by atoms with E-state index in [1.807, 2.05) is 25.2 Å². The van der Waals surface area contributed by atoms with E-state index >= 15 is 0 Å². The van der Waals surface area contributed by atoms with Gasteiger partial charge in [-0.1, -0.05) is 29.8 Å². The van der Waals surface area contributed by atoms with E-state index in [1.54, 1.807) is 0 Å². The van der Waals surface area contributed by atoms with Crippen LogP contribution in [0.5, 0.6) is 0 Å². The van der Waals surface area contributed by atoms with Crippen LogP contribution in [-0.4, -0.2) is 25.2 Å². The molecule has 14 heavy (non-hydrogen) atoms. The number of rotatable bonds is 3. The van der Waals surface area contributed by atoms with Gasteiger partial charge >= 0.3 is 0 Å². The summed E-state index contributed by atoms with van der Waals surface area (Å²) in [5, 5.41) is 10.8. The van der Waals surface area contributed by atoms with Crippen molar-refractivity contribution in [2.24, 2.45) is 0 Å². The van der Waals surface area contributed by atoms with Crippen molar-refractivity contribution in [3.8, 4) is 0 Å². The first-order chi connectivity index (χ1) is 6.76. The van der Waals surface area contributed by atoms with Crippen LogP contribution >= 0.6 is 11.6 Å². The lowest BCUT2D eigenvalue weighted by molar-refractivity contribution is -0.122. The minimum Gasteiger partial charge on any atom is -0.483 e. The minimum absolute atomic E-state index is 0.250. The van der Waals surface area contributed by atoms with E-state index in [1.165, 1.54) is 5.56 Å². The largest absolute Gasteiger partial charge is 0.483 e. The second kappa shape index (κ2) is 8.53. The lowest BCUT2D eigenvalue weighted by Gasteiger charge is -2.01. The summed E-state index contributed by atoms with van der Waals surface area (Å²) in [6.07, 6.45) is 0.996. The Morgan fingerprint density at radius 3 is 2.57 bits per heavy atom. The average molecular weight is 216 g/mol. The smallest absolute Gasteiger partial charge is 0.290 e. The maximum Gasteiger partial charge on any atom is 0.290 e. The van der Waals surface area contributed by atoms with Crippen molar-refractivity contribution < 1.29 is 9.90 Å². The summed E-state index contributed by atoms with van der Waals surface area (Å²) in [7, 11) is 1.94. The molecule has 0 saturated carbocycles. The third-order valence-electron chi connectivity index (χ3n) is 1.60. The molecular formula is C10H14ClNO2. The highest BCUT2D eigenvalue weighted by molar-refractivity contribution is 6.31. The summed E-state index contributed by atoms with van der Waals surface area (Å²) in [6, 6.07) is 7.94. The fourth-order valence-electron chi connectivity index (χ4n) is 0.961. The molecule has 1 aromatic carbocycles. The van der Waals surface area contributed by atoms with E-state index in [-0.39, 0.29) is 6.47 Å². The van der Waals surface area contributed by atoms with Crippen LogP contribution < -0.4 is 5.32 Å². The molecule has 0 unspecified atom stereocenters. The van der Waals surface area contributed by atoms with Gasteiger partial charge in [-0.25, -0.2) is 0 Å². The topological polar surface area (TPSA) is 49.3 Å². The quantitative estimate of drug-likeness (QED) is 0.756. The van der Waals surface area contributed by atoms with E-state index in [0.29, 0.717) is 0 Å². The predicted octanol–water partition coefficient (Wildman–Crippen LogP) is 1.80. The second-order valence-electron chi connectivity index (χ2n) is 2.55. The second-order valence-corrected chi connectivity index (χ2v) is 2.96. The Morgan fingerprint density at radius 2 is 2.07 bits per heavy atom. The van der Waals surface area contributed by atoms with Crippen molar-refractivity contribution in [1.82, 2.24) is 5.32 Å². The monoisotopic (exact) mass is 215 g/mol. The van der Waals surface area contributed by atoms with Gasteiger partial charge in [-0.3, -0.25) is 4.79 Å². The van der Waals surface area contributed by atoms with Crippen LogP contribution in [-0.2, 0) is 11.2 Å². The highest BCUT2D eigenvalue weighted by atomic mass is 35.5. The lowest BCUT2D eigenvalue weighted by Crippen LogP contribution is -2.10. The Kier molecular flexibility index (Phi) is 7.89. The van der Waals surface area contributed by atoms with Crippen molar-refractivity contribution in [1.29, 1.82) is 0 Å². The van der Waals surface area contributed by atoms with Gasteiger partial charge in [0, 0.05) is 5.02 Å². The SMILES string of the molecule is CNCCc1ccccc1Cl.O=CO. The average Bonchev–Trinajstić information content (AvgIpc) is 2.18. The molecule has 0 bridgehead atoms. The zero-order valence-electron chi connectivity index (χ0n) is 8.03. The molecule has 2 N–H and O–H groups in total. The molecule has 0 fully saturated rings. The molecular weight excluding hydrogens is 202 g/mol. The van der Waals surface area contributed by atoms with Gasteiger partial charge in [0.05, 0.1) is 0 Å². The molecule has 1 aromatic rings. The first kappa shape index (κ1) is 12.9. The summed E-state index contributed by atoms with van der Waals surface area (Å²) in [6.45, 7) is 0.726. The Labute approximate surface area is 88.7 Å². The van der Waals surface area contributed by atoms with E-state index in [2.05, 4.69) is 11.4 Å². The molecule has 0 spiro atoms. The summed E-state index contributed by atoms with van der Waals surface area (Å²) < 4.78 is 0. The van der Waals surface area contributed by atoms with Crippen LogP contribution in [0.3, 0.4) is 0 Å². The van der Waals surface area contributed by atoms with E-state index in [0.717, 1.165) is 18.0 Å². The normalized spacial score (nSPS) is 8.71. The summed E-state index contributed by atoms with van der Waals surface area (Å²) in [4.78, 5) is 8.36. The fraction of sp³-hybridized carbons (Fsp3) is 0.300. The molecule has 0 aliphatic heterocycles. The van der Waals surface area contributed by atoms with Gasteiger partial charge in [-0.15, -0.1) is 0 Å². The molecule has 0 aliphatic carbocycles. The number of hydrogen-bond donors (Lipinski definition) is 2. The number of benzene rings is 1. The molecule has 3 nitrogen and oxygen atoms in total. The van der Waals surface area contributed by atoms with Crippen molar-refractivity contribution >= 4 is 18.1 Å². The molecule has 0 heterocycles. The van der Waals surface area contributed by atoms with Crippen LogP contribution in [0.4, 0.5) is 0 Å². The van der Waals surface area contributed by atoms with Crippen molar-refractivity contribution in [3.63, 3.8) is 0 Å². The molecule has 0 aliphatic rings. The van der Waals surface area contributed by atoms with E-state index in [4.69, 9.17) is 21.5 Å². The molecule has 0 atom stereocenters. The molecule has 1 rings (SSSR count).